The quantitative estimate of drug-likeness (QED) is 0.652. The van der Waals surface area contributed by atoms with Gasteiger partial charge in [-0.15, -0.1) is 0 Å². The van der Waals surface area contributed by atoms with E-state index in [1.165, 1.54) is 11.5 Å². The Morgan fingerprint density at radius 3 is 2.72 bits per heavy atom. The van der Waals surface area contributed by atoms with Gasteiger partial charge in [-0.2, -0.15) is 0 Å². The Hall–Kier alpha value is -1.61. The van der Waals surface area contributed by atoms with E-state index in [0.717, 1.165) is 15.6 Å². The molecule has 0 aliphatic carbocycles. The number of aromatic nitrogens is 1. The molecule has 0 atom stereocenters. The van der Waals surface area contributed by atoms with Gasteiger partial charge in [0.2, 0.25) is 0 Å². The zero-order valence-corrected chi connectivity index (χ0v) is 11.2. The summed E-state index contributed by atoms with van der Waals surface area (Å²) in [5.41, 5.74) is 2.11. The summed E-state index contributed by atoms with van der Waals surface area (Å²) in [6.07, 6.45) is 2.03. The van der Waals surface area contributed by atoms with E-state index in [4.69, 9.17) is 0 Å². The highest BCUT2D eigenvalue weighted by Gasteiger charge is 2.03. The van der Waals surface area contributed by atoms with Crippen LogP contribution in [0.1, 0.15) is 5.56 Å². The first-order valence-corrected chi connectivity index (χ1v) is 6.50. The fourth-order valence-electron chi connectivity index (χ4n) is 2.18. The van der Waals surface area contributed by atoms with E-state index in [1.807, 2.05) is 24.4 Å². The molecular formula is C15H11BrFN. The van der Waals surface area contributed by atoms with E-state index in [9.17, 15) is 4.39 Å². The summed E-state index contributed by atoms with van der Waals surface area (Å²) in [4.78, 5) is 0. The van der Waals surface area contributed by atoms with Crippen molar-refractivity contribution in [3.63, 3.8) is 0 Å². The lowest BCUT2D eigenvalue weighted by atomic mass is 10.2. The number of halogens is 2. The Balaban J connectivity index is 2.01. The van der Waals surface area contributed by atoms with Gasteiger partial charge in [-0.05, 0) is 41.3 Å². The van der Waals surface area contributed by atoms with Gasteiger partial charge in [-0.1, -0.05) is 34.1 Å². The zero-order chi connectivity index (χ0) is 12.5. The van der Waals surface area contributed by atoms with E-state index in [2.05, 4.69) is 38.7 Å². The van der Waals surface area contributed by atoms with Crippen molar-refractivity contribution < 1.29 is 4.39 Å². The Labute approximate surface area is 113 Å². The highest BCUT2D eigenvalue weighted by molar-refractivity contribution is 9.10. The maximum absolute atomic E-state index is 13.3. The third-order valence-corrected chi connectivity index (χ3v) is 3.41. The molecule has 0 amide bonds. The van der Waals surface area contributed by atoms with Crippen LogP contribution in [0.25, 0.3) is 10.9 Å². The average Bonchev–Trinajstić information content (AvgIpc) is 2.72. The van der Waals surface area contributed by atoms with Gasteiger partial charge < -0.3 is 4.57 Å². The van der Waals surface area contributed by atoms with E-state index >= 15 is 0 Å². The molecule has 1 nitrogen and oxygen atoms in total. The number of hydrogen-bond donors (Lipinski definition) is 0. The van der Waals surface area contributed by atoms with E-state index in [1.54, 1.807) is 6.07 Å². The standard InChI is InChI=1S/C15H11BrFN/c16-13-7-11(8-14(17)9-13)10-18-6-5-12-3-1-2-4-15(12)18/h1-9H,10H2. The molecule has 0 N–H and O–H groups in total. The van der Waals surface area contributed by atoms with Gasteiger partial charge in [0.05, 0.1) is 0 Å². The van der Waals surface area contributed by atoms with Crippen molar-refractivity contribution in [2.45, 2.75) is 6.54 Å². The molecule has 0 unspecified atom stereocenters. The first-order valence-electron chi connectivity index (χ1n) is 5.71. The molecule has 0 fully saturated rings. The molecule has 3 rings (SSSR count). The molecular weight excluding hydrogens is 293 g/mol. The van der Waals surface area contributed by atoms with Crippen molar-refractivity contribution in [3.8, 4) is 0 Å². The Morgan fingerprint density at radius 2 is 1.89 bits per heavy atom. The van der Waals surface area contributed by atoms with Crippen LogP contribution >= 0.6 is 15.9 Å². The first kappa shape index (κ1) is 11.5. The second-order valence-corrected chi connectivity index (χ2v) is 5.20. The third-order valence-electron chi connectivity index (χ3n) is 2.96. The lowest BCUT2D eigenvalue weighted by molar-refractivity contribution is 0.623. The first-order chi connectivity index (χ1) is 8.72. The van der Waals surface area contributed by atoms with Crippen molar-refractivity contribution in [1.29, 1.82) is 0 Å². The van der Waals surface area contributed by atoms with Crippen LogP contribution in [-0.4, -0.2) is 4.57 Å². The van der Waals surface area contributed by atoms with Gasteiger partial charge in [0.15, 0.2) is 0 Å². The molecule has 1 aromatic heterocycles. The monoisotopic (exact) mass is 303 g/mol. The third kappa shape index (κ3) is 2.18. The predicted molar refractivity (Wildman–Crippen MR) is 75.1 cm³/mol. The number of hydrogen-bond acceptors (Lipinski definition) is 0. The van der Waals surface area contributed by atoms with Crippen LogP contribution < -0.4 is 0 Å². The molecule has 0 aliphatic heterocycles. The largest absolute Gasteiger partial charge is 0.343 e. The van der Waals surface area contributed by atoms with Crippen LogP contribution in [0.3, 0.4) is 0 Å². The zero-order valence-electron chi connectivity index (χ0n) is 9.61. The molecule has 0 radical (unpaired) electrons. The lowest BCUT2D eigenvalue weighted by Gasteiger charge is -2.06. The van der Waals surface area contributed by atoms with E-state index in [0.29, 0.717) is 6.54 Å². The summed E-state index contributed by atoms with van der Waals surface area (Å²) in [5.74, 6) is -0.212. The summed E-state index contributed by atoms with van der Waals surface area (Å²) in [6, 6.07) is 15.2. The lowest BCUT2D eigenvalue weighted by Crippen LogP contribution is -1.98. The summed E-state index contributed by atoms with van der Waals surface area (Å²) in [5, 5.41) is 1.20. The summed E-state index contributed by atoms with van der Waals surface area (Å²) in [6.45, 7) is 0.671. The fourth-order valence-corrected chi connectivity index (χ4v) is 2.69. The molecule has 18 heavy (non-hydrogen) atoms. The van der Waals surface area contributed by atoms with Gasteiger partial charge in [0.25, 0.3) is 0 Å². The maximum Gasteiger partial charge on any atom is 0.124 e. The van der Waals surface area contributed by atoms with Crippen molar-refractivity contribution in [1.82, 2.24) is 4.57 Å². The van der Waals surface area contributed by atoms with Gasteiger partial charge in [-0.3, -0.25) is 0 Å². The van der Waals surface area contributed by atoms with Gasteiger partial charge in [-0.25, -0.2) is 4.39 Å². The minimum absolute atomic E-state index is 0.212. The molecule has 1 heterocycles. The molecule has 90 valence electrons. The molecule has 3 aromatic rings. The molecule has 3 heteroatoms. The number of benzene rings is 2. The molecule has 2 aromatic carbocycles. The minimum Gasteiger partial charge on any atom is -0.343 e. The topological polar surface area (TPSA) is 4.93 Å². The normalized spacial score (nSPS) is 11.0. The fraction of sp³-hybridized carbons (Fsp3) is 0.0667. The number of nitrogens with zero attached hydrogens (tertiary/aromatic N) is 1. The molecule has 0 saturated carbocycles. The van der Waals surface area contributed by atoms with Crippen LogP contribution in [0, 0.1) is 5.82 Å². The van der Waals surface area contributed by atoms with E-state index < -0.39 is 0 Å². The summed E-state index contributed by atoms with van der Waals surface area (Å²) < 4.78 is 16.2. The number of rotatable bonds is 2. The van der Waals surface area contributed by atoms with Crippen LogP contribution in [0.4, 0.5) is 4.39 Å². The smallest absolute Gasteiger partial charge is 0.124 e. The number of para-hydroxylation sites is 1. The van der Waals surface area contributed by atoms with Crippen molar-refractivity contribution in [3.05, 3.63) is 70.6 Å². The summed E-state index contributed by atoms with van der Waals surface area (Å²) in [7, 11) is 0. The second-order valence-electron chi connectivity index (χ2n) is 4.28. The Bertz CT molecular complexity index is 682. The Morgan fingerprint density at radius 1 is 1.06 bits per heavy atom. The van der Waals surface area contributed by atoms with E-state index in [-0.39, 0.29) is 5.82 Å². The van der Waals surface area contributed by atoms with Gasteiger partial charge in [0, 0.05) is 22.7 Å². The van der Waals surface area contributed by atoms with Crippen molar-refractivity contribution >= 4 is 26.8 Å². The highest BCUT2D eigenvalue weighted by atomic mass is 79.9. The van der Waals surface area contributed by atoms with Crippen molar-refractivity contribution in [2.75, 3.05) is 0 Å². The predicted octanol–water partition coefficient (Wildman–Crippen LogP) is 4.59. The molecule has 0 bridgehead atoms. The molecule has 0 spiro atoms. The van der Waals surface area contributed by atoms with Gasteiger partial charge >= 0.3 is 0 Å². The highest BCUT2D eigenvalue weighted by Crippen LogP contribution is 2.19. The Kier molecular flexibility index (Phi) is 2.92. The average molecular weight is 304 g/mol. The van der Waals surface area contributed by atoms with Crippen LogP contribution in [0.5, 0.6) is 0 Å². The molecule has 0 aliphatic rings. The summed E-state index contributed by atoms with van der Waals surface area (Å²) >= 11 is 3.32. The van der Waals surface area contributed by atoms with Crippen molar-refractivity contribution in [2.24, 2.45) is 0 Å². The van der Waals surface area contributed by atoms with Crippen LogP contribution in [0.15, 0.2) is 59.2 Å². The van der Waals surface area contributed by atoms with Crippen LogP contribution in [-0.2, 0) is 6.54 Å². The second kappa shape index (κ2) is 4.58. The molecule has 0 saturated heterocycles. The van der Waals surface area contributed by atoms with Crippen LogP contribution in [0.2, 0.25) is 0 Å². The minimum atomic E-state index is -0.212. The maximum atomic E-state index is 13.3. The van der Waals surface area contributed by atoms with Gasteiger partial charge in [0.1, 0.15) is 5.82 Å². The SMILES string of the molecule is Fc1cc(Br)cc(Cn2ccc3ccccc32)c1. The number of fused-ring (bicyclic) bond motifs is 1.